The summed E-state index contributed by atoms with van der Waals surface area (Å²) in [5, 5.41) is 22.0. The number of aliphatic hydroxyl groups is 1. The molecule has 2 aromatic rings. The Morgan fingerprint density at radius 3 is 2.74 bits per heavy atom. The number of aliphatic hydroxyl groups excluding tert-OH is 1. The average molecular weight is 399 g/mol. The summed E-state index contributed by atoms with van der Waals surface area (Å²) in [4.78, 5) is 36.8. The van der Waals surface area contributed by atoms with Gasteiger partial charge in [0.25, 0.3) is 0 Å². The first kappa shape index (κ1) is 21.1. The molecule has 0 aliphatic heterocycles. The van der Waals surface area contributed by atoms with Gasteiger partial charge in [-0.05, 0) is 19.8 Å². The van der Waals surface area contributed by atoms with Crippen molar-refractivity contribution in [3.63, 3.8) is 0 Å². The fourth-order valence-corrected chi connectivity index (χ4v) is 2.72. The van der Waals surface area contributed by atoms with E-state index in [4.69, 9.17) is 14.9 Å². The van der Waals surface area contributed by atoms with Crippen molar-refractivity contribution in [3.8, 4) is 5.75 Å². The molecule has 0 unspecified atom stereocenters. The van der Waals surface area contributed by atoms with E-state index in [1.165, 1.54) is 18.5 Å². The number of phosphoric ester groups is 1. The monoisotopic (exact) mass is 399 g/mol. The number of nitrogens with zero attached hydrogens (tertiary/aromatic N) is 1. The van der Waals surface area contributed by atoms with Gasteiger partial charge in [0.05, 0.1) is 18.0 Å². The van der Waals surface area contributed by atoms with Gasteiger partial charge in [-0.3, -0.25) is 14.3 Å². The molecule has 0 bridgehead atoms. The number of aromatic hydroxyl groups is 1. The molecule has 11 heteroatoms. The molecule has 2 heterocycles. The van der Waals surface area contributed by atoms with E-state index in [-0.39, 0.29) is 35.6 Å². The van der Waals surface area contributed by atoms with Crippen LogP contribution in [0.4, 0.5) is 5.69 Å². The van der Waals surface area contributed by atoms with E-state index in [0.29, 0.717) is 29.8 Å². The molecule has 0 radical (unpaired) electrons. The van der Waals surface area contributed by atoms with Crippen LogP contribution in [-0.4, -0.2) is 36.6 Å². The van der Waals surface area contributed by atoms with Crippen molar-refractivity contribution in [1.82, 2.24) is 9.97 Å². The zero-order chi connectivity index (χ0) is 20.0. The molecule has 0 saturated heterocycles. The topological polar surface area (TPSA) is 165 Å². The van der Waals surface area contributed by atoms with E-state index in [9.17, 15) is 14.5 Å². The van der Waals surface area contributed by atoms with Gasteiger partial charge >= 0.3 is 7.82 Å². The number of aromatic amines is 1. The number of anilines is 1. The molecule has 2 aromatic heterocycles. The lowest BCUT2D eigenvalue weighted by Gasteiger charge is -2.15. The van der Waals surface area contributed by atoms with Crippen molar-refractivity contribution < 1.29 is 29.1 Å². The van der Waals surface area contributed by atoms with Gasteiger partial charge < -0.3 is 30.3 Å². The molecule has 6 N–H and O–H groups in total. The normalized spacial score (nSPS) is 11.6. The molecule has 2 rings (SSSR count). The first-order chi connectivity index (χ1) is 12.7. The fourth-order valence-electron chi connectivity index (χ4n) is 2.41. The number of aryl methyl sites for hydroxylation is 2. The maximum Gasteiger partial charge on any atom is 0.469 e. The van der Waals surface area contributed by atoms with Crippen molar-refractivity contribution in [3.05, 3.63) is 51.2 Å². The number of phosphoric acid groups is 1. The summed E-state index contributed by atoms with van der Waals surface area (Å²) in [6, 6.07) is 1.42. The van der Waals surface area contributed by atoms with Crippen LogP contribution in [0.1, 0.15) is 28.9 Å². The van der Waals surface area contributed by atoms with E-state index >= 15 is 0 Å². The van der Waals surface area contributed by atoms with Crippen LogP contribution in [0.5, 0.6) is 5.75 Å². The Morgan fingerprint density at radius 2 is 2.11 bits per heavy atom. The van der Waals surface area contributed by atoms with Crippen LogP contribution in [0, 0.1) is 6.92 Å². The van der Waals surface area contributed by atoms with Crippen LogP contribution >= 0.6 is 7.82 Å². The number of hydrogen-bond acceptors (Lipinski definition) is 7. The lowest BCUT2D eigenvalue weighted by Crippen LogP contribution is -2.14. The molecule has 0 aromatic carbocycles. The Balaban J connectivity index is 2.18. The molecule has 0 aliphatic carbocycles. The van der Waals surface area contributed by atoms with Crippen LogP contribution in [-0.2, 0) is 28.7 Å². The third-order valence-electron chi connectivity index (χ3n) is 3.85. The summed E-state index contributed by atoms with van der Waals surface area (Å²) < 4.78 is 15.4. The summed E-state index contributed by atoms with van der Waals surface area (Å²) in [6.07, 6.45) is 3.92. The molecule has 148 valence electrons. The molecule has 0 fully saturated rings. The zero-order valence-corrected chi connectivity index (χ0v) is 15.6. The van der Waals surface area contributed by atoms with E-state index in [1.54, 1.807) is 6.92 Å². The summed E-state index contributed by atoms with van der Waals surface area (Å²) in [5.74, 6) is -0.148. The molecule has 0 atom stereocenters. The molecule has 0 amide bonds. The number of aromatic nitrogens is 2. The standard InChI is InChI=1S/C16H22N3O7P/c1-10-16(22)13(11(6-17-10)9-26-27(23,24)25)7-19-14-8-18-12(3-2-4-20)5-15(14)21/h5-6,8,19-20,22H,2-4,7,9H2,1H3,(H,18,21)(H2,23,24,25). The summed E-state index contributed by atoms with van der Waals surface area (Å²) >= 11 is 0. The van der Waals surface area contributed by atoms with Crippen LogP contribution in [0.2, 0.25) is 0 Å². The number of hydrogen-bond donors (Lipinski definition) is 6. The Kier molecular flexibility index (Phi) is 7.11. The molecular formula is C16H22N3O7P. The van der Waals surface area contributed by atoms with E-state index in [2.05, 4.69) is 19.8 Å². The smallest absolute Gasteiger partial charge is 0.469 e. The van der Waals surface area contributed by atoms with Crippen molar-refractivity contribution in [1.29, 1.82) is 0 Å². The summed E-state index contributed by atoms with van der Waals surface area (Å²) in [6.45, 7) is 1.18. The predicted octanol–water partition coefficient (Wildman–Crippen LogP) is 0.930. The van der Waals surface area contributed by atoms with Crippen molar-refractivity contribution >= 4 is 13.5 Å². The highest BCUT2D eigenvalue weighted by Crippen LogP contribution is 2.38. The van der Waals surface area contributed by atoms with Gasteiger partial charge in [0.2, 0.25) is 5.43 Å². The quantitative estimate of drug-likeness (QED) is 0.336. The maximum absolute atomic E-state index is 12.2. The predicted molar refractivity (Wildman–Crippen MR) is 97.3 cm³/mol. The van der Waals surface area contributed by atoms with Gasteiger partial charge in [0.15, 0.2) is 0 Å². The summed E-state index contributed by atoms with van der Waals surface area (Å²) in [7, 11) is -4.68. The fraction of sp³-hybridized carbons (Fsp3) is 0.375. The highest BCUT2D eigenvalue weighted by atomic mass is 31.2. The van der Waals surface area contributed by atoms with Crippen LogP contribution in [0.25, 0.3) is 0 Å². The first-order valence-corrected chi connectivity index (χ1v) is 9.67. The molecular weight excluding hydrogens is 377 g/mol. The number of rotatable bonds is 9. The van der Waals surface area contributed by atoms with Gasteiger partial charge in [-0.25, -0.2) is 4.57 Å². The first-order valence-electron chi connectivity index (χ1n) is 8.14. The van der Waals surface area contributed by atoms with Crippen LogP contribution < -0.4 is 10.7 Å². The second-order valence-corrected chi connectivity index (χ2v) is 7.12. The second-order valence-electron chi connectivity index (χ2n) is 5.88. The van der Waals surface area contributed by atoms with Crippen LogP contribution in [0.15, 0.2) is 23.3 Å². The lowest BCUT2D eigenvalue weighted by atomic mass is 10.1. The van der Waals surface area contributed by atoms with E-state index in [0.717, 1.165) is 0 Å². The number of nitrogens with one attached hydrogen (secondary N) is 2. The minimum Gasteiger partial charge on any atom is -0.506 e. The Hall–Kier alpha value is -2.23. The largest absolute Gasteiger partial charge is 0.506 e. The highest BCUT2D eigenvalue weighted by molar-refractivity contribution is 7.46. The molecule has 0 spiro atoms. The zero-order valence-electron chi connectivity index (χ0n) is 14.7. The van der Waals surface area contributed by atoms with Crippen molar-refractivity contribution in [2.45, 2.75) is 32.9 Å². The average Bonchev–Trinajstić information content (AvgIpc) is 2.60. The third-order valence-corrected chi connectivity index (χ3v) is 4.32. The van der Waals surface area contributed by atoms with Gasteiger partial charge in [-0.2, -0.15) is 0 Å². The minimum atomic E-state index is -4.68. The van der Waals surface area contributed by atoms with E-state index < -0.39 is 14.4 Å². The Bertz CT molecular complexity index is 894. The van der Waals surface area contributed by atoms with Crippen molar-refractivity contribution in [2.24, 2.45) is 0 Å². The second kappa shape index (κ2) is 9.12. The van der Waals surface area contributed by atoms with Gasteiger partial charge in [0.1, 0.15) is 5.75 Å². The summed E-state index contributed by atoms with van der Waals surface area (Å²) in [5.41, 5.74) is 1.63. The Morgan fingerprint density at radius 1 is 1.37 bits per heavy atom. The maximum atomic E-state index is 12.2. The van der Waals surface area contributed by atoms with Crippen LogP contribution in [0.3, 0.4) is 0 Å². The highest BCUT2D eigenvalue weighted by Gasteiger charge is 2.18. The molecule has 0 aliphatic rings. The number of H-pyrrole nitrogens is 1. The van der Waals surface area contributed by atoms with Gasteiger partial charge in [-0.15, -0.1) is 0 Å². The molecule has 0 saturated carbocycles. The van der Waals surface area contributed by atoms with Gasteiger partial charge in [-0.1, -0.05) is 0 Å². The Labute approximate surface area is 155 Å². The minimum absolute atomic E-state index is 0.0219. The SMILES string of the molecule is Cc1ncc(COP(=O)(O)O)c(CNc2c[nH]c(CCCO)cc2=O)c1O. The third kappa shape index (κ3) is 6.16. The molecule has 27 heavy (non-hydrogen) atoms. The van der Waals surface area contributed by atoms with Crippen molar-refractivity contribution in [2.75, 3.05) is 11.9 Å². The van der Waals surface area contributed by atoms with E-state index in [1.807, 2.05) is 0 Å². The van der Waals surface area contributed by atoms with Gasteiger partial charge in [0, 0.05) is 48.4 Å². The number of pyridine rings is 2. The molecule has 10 nitrogen and oxygen atoms in total. The lowest BCUT2D eigenvalue weighted by molar-refractivity contribution is 0.188.